The fourth-order valence-corrected chi connectivity index (χ4v) is 3.97. The lowest BCUT2D eigenvalue weighted by Gasteiger charge is -2.18. The minimum atomic E-state index is -4.82. The quantitative estimate of drug-likeness (QED) is 0.735. The summed E-state index contributed by atoms with van der Waals surface area (Å²) in [6, 6.07) is 6.35. The second kappa shape index (κ2) is 7.97. The van der Waals surface area contributed by atoms with Gasteiger partial charge < -0.3 is 10.2 Å². The average Bonchev–Trinajstić information content (AvgIpc) is 3.15. The van der Waals surface area contributed by atoms with Crippen LogP contribution in [0.3, 0.4) is 0 Å². The highest BCUT2D eigenvalue weighted by molar-refractivity contribution is 9.10. The molecule has 1 N–H and O–H groups in total. The number of nitrogens with zero attached hydrogens (tertiary/aromatic N) is 2. The molecule has 144 valence electrons. The van der Waals surface area contributed by atoms with Crippen molar-refractivity contribution in [1.29, 1.82) is 0 Å². The van der Waals surface area contributed by atoms with Gasteiger partial charge in [-0.15, -0.1) is 0 Å². The van der Waals surface area contributed by atoms with E-state index in [1.54, 1.807) is 6.07 Å². The molecule has 0 bridgehead atoms. The van der Waals surface area contributed by atoms with E-state index in [9.17, 15) is 22.2 Å². The smallest absolute Gasteiger partial charge is 0.356 e. The Morgan fingerprint density at radius 2 is 1.81 bits per heavy atom. The molecule has 1 aromatic heterocycles. The molecule has 27 heavy (non-hydrogen) atoms. The summed E-state index contributed by atoms with van der Waals surface area (Å²) >= 11 is 3.43. The first kappa shape index (κ1) is 19.8. The van der Waals surface area contributed by atoms with Crippen LogP contribution in [0.2, 0.25) is 0 Å². The molecule has 1 amide bonds. The maximum Gasteiger partial charge on any atom is 0.475 e. The number of pyridine rings is 1. The average molecular weight is 462 g/mol. The first-order chi connectivity index (χ1) is 12.8. The second-order valence-electron chi connectivity index (χ2n) is 5.92. The summed E-state index contributed by atoms with van der Waals surface area (Å²) in [6.45, 7) is 1.84. The third kappa shape index (κ3) is 4.67. The van der Waals surface area contributed by atoms with Gasteiger partial charge in [0.25, 0.3) is 5.91 Å². The summed E-state index contributed by atoms with van der Waals surface area (Å²) in [4.78, 5) is 18.4. The van der Waals surface area contributed by atoms with Crippen molar-refractivity contribution in [2.45, 2.75) is 23.2 Å². The Labute approximate surface area is 164 Å². The zero-order valence-corrected chi connectivity index (χ0v) is 16.3. The number of halogens is 4. The molecule has 1 aliphatic heterocycles. The van der Waals surface area contributed by atoms with E-state index in [0.29, 0.717) is 15.7 Å². The van der Waals surface area contributed by atoms with Crippen molar-refractivity contribution in [1.82, 2.24) is 4.98 Å². The number of nitrogens with one attached hydrogen (secondary N) is 1. The highest BCUT2D eigenvalue weighted by Crippen LogP contribution is 2.29. The molecule has 1 saturated heterocycles. The van der Waals surface area contributed by atoms with Crippen LogP contribution in [0.4, 0.5) is 24.7 Å². The zero-order valence-electron chi connectivity index (χ0n) is 13.9. The minimum absolute atomic E-state index is 0.294. The van der Waals surface area contributed by atoms with E-state index >= 15 is 0 Å². The second-order valence-corrected chi connectivity index (χ2v) is 8.24. The van der Waals surface area contributed by atoms with Gasteiger partial charge >= 0.3 is 5.51 Å². The van der Waals surface area contributed by atoms with E-state index in [1.165, 1.54) is 18.3 Å². The largest absolute Gasteiger partial charge is 0.475 e. The van der Waals surface area contributed by atoms with Gasteiger partial charge in [-0.25, -0.2) is 9.19 Å². The highest BCUT2D eigenvalue weighted by Gasteiger charge is 2.37. The van der Waals surface area contributed by atoms with E-state index in [0.717, 1.165) is 43.9 Å². The van der Waals surface area contributed by atoms with Crippen LogP contribution < -0.4 is 10.2 Å². The Morgan fingerprint density at radius 3 is 2.37 bits per heavy atom. The summed E-state index contributed by atoms with van der Waals surface area (Å²) < 4.78 is 49.4. The van der Waals surface area contributed by atoms with Gasteiger partial charge in [0, 0.05) is 29.9 Å². The van der Waals surface area contributed by atoms with Gasteiger partial charge in [-0.2, -0.15) is 13.2 Å². The fourth-order valence-electron chi connectivity index (χ4n) is 2.72. The highest BCUT2D eigenvalue weighted by atomic mass is 79.9. The number of amides is 1. The fraction of sp³-hybridized carbons (Fsp3) is 0.294. The van der Waals surface area contributed by atoms with Crippen LogP contribution in [-0.2, 0) is 10.8 Å². The van der Waals surface area contributed by atoms with E-state index in [1.807, 2.05) is 0 Å². The van der Waals surface area contributed by atoms with Crippen molar-refractivity contribution in [3.63, 3.8) is 0 Å². The molecule has 1 aromatic carbocycles. The number of carbonyl (C=O) groups excluding carboxylic acids is 1. The zero-order chi connectivity index (χ0) is 19.6. The predicted molar refractivity (Wildman–Crippen MR) is 100 cm³/mol. The number of benzene rings is 1. The predicted octanol–water partition coefficient (Wildman–Crippen LogP) is 4.32. The maximum absolute atomic E-state index is 12.5. The lowest BCUT2D eigenvalue weighted by molar-refractivity contribution is -0.0384. The van der Waals surface area contributed by atoms with Crippen LogP contribution in [-0.4, -0.2) is 33.7 Å². The summed E-state index contributed by atoms with van der Waals surface area (Å²) in [6.07, 6.45) is 3.66. The summed E-state index contributed by atoms with van der Waals surface area (Å²) in [5, 5.41) is 2.59. The standard InChI is InChI=1S/C17H15BrF3N3O2S/c18-14-9-11(10-22-15(14)24-7-1-2-8-24)16(25)23-12-3-5-13(6-4-12)27(26)17(19,20)21/h3-6,9-10H,1-2,7-8H2,(H,23,25). The minimum Gasteiger partial charge on any atom is -0.356 e. The van der Waals surface area contributed by atoms with Crippen molar-refractivity contribution in [2.24, 2.45) is 0 Å². The molecule has 2 aromatic rings. The van der Waals surface area contributed by atoms with Gasteiger partial charge in [0.15, 0.2) is 10.8 Å². The monoisotopic (exact) mass is 461 g/mol. The van der Waals surface area contributed by atoms with Crippen molar-refractivity contribution in [3.8, 4) is 0 Å². The van der Waals surface area contributed by atoms with E-state index in [4.69, 9.17) is 0 Å². The van der Waals surface area contributed by atoms with Gasteiger partial charge in [0.2, 0.25) is 0 Å². The molecule has 0 saturated carbocycles. The van der Waals surface area contributed by atoms with Crippen LogP contribution in [0, 0.1) is 0 Å². The van der Waals surface area contributed by atoms with Crippen LogP contribution in [0.15, 0.2) is 45.9 Å². The first-order valence-electron chi connectivity index (χ1n) is 8.06. The third-order valence-corrected chi connectivity index (χ3v) is 5.73. The Hall–Kier alpha value is -1.94. The maximum atomic E-state index is 12.5. The number of hydrogen-bond donors (Lipinski definition) is 1. The molecule has 1 aliphatic rings. The normalized spacial score (nSPS) is 15.6. The number of anilines is 2. The van der Waals surface area contributed by atoms with Crippen LogP contribution >= 0.6 is 15.9 Å². The molecule has 0 spiro atoms. The molecule has 1 atom stereocenters. The van der Waals surface area contributed by atoms with E-state index in [2.05, 4.69) is 31.1 Å². The Morgan fingerprint density at radius 1 is 1.19 bits per heavy atom. The third-order valence-electron chi connectivity index (χ3n) is 4.03. The topological polar surface area (TPSA) is 62.3 Å². The number of rotatable bonds is 4. The molecule has 1 fully saturated rings. The lowest BCUT2D eigenvalue weighted by atomic mass is 10.2. The molecule has 0 radical (unpaired) electrons. The summed E-state index contributed by atoms with van der Waals surface area (Å²) in [7, 11) is -3.10. The van der Waals surface area contributed by atoms with Crippen LogP contribution in [0.25, 0.3) is 0 Å². The van der Waals surface area contributed by atoms with Crippen molar-refractivity contribution < 1.29 is 22.2 Å². The van der Waals surface area contributed by atoms with Crippen molar-refractivity contribution in [2.75, 3.05) is 23.3 Å². The van der Waals surface area contributed by atoms with Gasteiger partial charge in [-0.1, -0.05) is 0 Å². The van der Waals surface area contributed by atoms with Gasteiger partial charge in [0.1, 0.15) is 5.82 Å². The van der Waals surface area contributed by atoms with Gasteiger partial charge in [0.05, 0.1) is 10.0 Å². The Bertz CT molecular complexity index is 869. The lowest BCUT2D eigenvalue weighted by Crippen LogP contribution is -2.20. The Kier molecular flexibility index (Phi) is 5.85. The number of aromatic nitrogens is 1. The SMILES string of the molecule is O=C(Nc1ccc(S(=O)C(F)(F)F)cc1)c1cnc(N2CCCC2)c(Br)c1. The van der Waals surface area contributed by atoms with Gasteiger partial charge in [-0.05, 0) is 59.1 Å². The molecule has 0 aliphatic carbocycles. The van der Waals surface area contributed by atoms with Crippen molar-refractivity contribution in [3.05, 3.63) is 46.6 Å². The van der Waals surface area contributed by atoms with Crippen molar-refractivity contribution >= 4 is 44.1 Å². The summed E-state index contributed by atoms with van der Waals surface area (Å²) in [5.74, 6) is 0.337. The molecule has 3 rings (SSSR count). The molecular formula is C17H15BrF3N3O2S. The molecule has 10 heteroatoms. The van der Waals surface area contributed by atoms with E-state index < -0.39 is 22.2 Å². The summed E-state index contributed by atoms with van der Waals surface area (Å²) in [5.41, 5.74) is -4.21. The number of alkyl halides is 3. The van der Waals surface area contributed by atoms with Gasteiger partial charge in [-0.3, -0.25) is 4.79 Å². The number of carbonyl (C=O) groups is 1. The number of hydrogen-bond acceptors (Lipinski definition) is 4. The first-order valence-corrected chi connectivity index (χ1v) is 10.0. The Balaban J connectivity index is 1.70. The molecule has 2 heterocycles. The van der Waals surface area contributed by atoms with E-state index in [-0.39, 0.29) is 4.90 Å². The van der Waals surface area contributed by atoms with Crippen LogP contribution in [0.5, 0.6) is 0 Å². The molecule has 1 unspecified atom stereocenters. The van der Waals surface area contributed by atoms with Crippen LogP contribution in [0.1, 0.15) is 23.2 Å². The molecular weight excluding hydrogens is 447 g/mol. The molecule has 5 nitrogen and oxygen atoms in total.